The number of carbonyl (C=O) groups excluding carboxylic acids is 4. The van der Waals surface area contributed by atoms with Gasteiger partial charge in [0, 0.05) is 0 Å². The molecule has 10 heteroatoms. The van der Waals surface area contributed by atoms with Gasteiger partial charge in [0.15, 0.2) is 12.1 Å². The summed E-state index contributed by atoms with van der Waals surface area (Å²) in [5, 5.41) is 23.9. The Hall–Kier alpha value is -2.20. The lowest BCUT2D eigenvalue weighted by atomic mass is 9.83. The first-order chi connectivity index (χ1) is 14.1. The fraction of sp³-hybridized carbons (Fsp3) is 0.810. The van der Waals surface area contributed by atoms with Crippen LogP contribution < -0.4 is 10.6 Å². The Bertz CT molecular complexity index is 620. The Balaban J connectivity index is 2.98. The van der Waals surface area contributed by atoms with Crippen LogP contribution in [0.15, 0.2) is 0 Å². The fourth-order valence-corrected chi connectivity index (χ4v) is 3.23. The average molecular weight is 445 g/mol. The molecule has 0 spiro atoms. The third kappa shape index (κ3) is 7.77. The molecule has 0 radical (unpaired) electrons. The minimum Gasteiger partial charge on any atom is -0.458 e. The summed E-state index contributed by atoms with van der Waals surface area (Å²) in [5.74, 6) is -3.13. The molecule has 0 aliphatic heterocycles. The summed E-state index contributed by atoms with van der Waals surface area (Å²) in [6.07, 6.45) is 1.58. The van der Waals surface area contributed by atoms with Crippen LogP contribution >= 0.6 is 0 Å². The highest BCUT2D eigenvalue weighted by molar-refractivity contribution is 6.07. The molecule has 2 amide bonds. The number of hydrogen-bond acceptors (Lipinski definition) is 8. The highest BCUT2D eigenvalue weighted by Crippen LogP contribution is 2.39. The van der Waals surface area contributed by atoms with E-state index in [2.05, 4.69) is 10.6 Å². The molecule has 0 aromatic carbocycles. The molecule has 2 atom stereocenters. The number of hydrogen-bond donors (Lipinski definition) is 4. The van der Waals surface area contributed by atoms with Crippen LogP contribution in [0.3, 0.4) is 0 Å². The van der Waals surface area contributed by atoms with Gasteiger partial charge in [-0.05, 0) is 54.4 Å². The molecule has 0 heterocycles. The molecule has 1 fully saturated rings. The third-order valence-corrected chi connectivity index (χ3v) is 4.68. The number of aliphatic hydroxyl groups is 2. The molecule has 0 bridgehead atoms. The number of nitrogens with one attached hydrogen (secondary N) is 2. The first-order valence-corrected chi connectivity index (χ1v) is 10.4. The smallest absolute Gasteiger partial charge is 0.331 e. The lowest BCUT2D eigenvalue weighted by Gasteiger charge is -2.31. The first-order valence-electron chi connectivity index (χ1n) is 10.4. The second-order valence-corrected chi connectivity index (χ2v) is 9.77. The van der Waals surface area contributed by atoms with Gasteiger partial charge in [-0.2, -0.15) is 0 Å². The molecular formula is C21H36N2O8. The van der Waals surface area contributed by atoms with Crippen molar-refractivity contribution in [3.05, 3.63) is 0 Å². The zero-order valence-electron chi connectivity index (χ0n) is 19.2. The maximum atomic E-state index is 13.0. The molecule has 1 rings (SSSR count). The Morgan fingerprint density at radius 3 is 1.35 bits per heavy atom. The molecule has 0 unspecified atom stereocenters. The van der Waals surface area contributed by atoms with Crippen molar-refractivity contribution >= 4 is 23.8 Å². The van der Waals surface area contributed by atoms with Gasteiger partial charge in [-0.1, -0.05) is 12.8 Å². The normalized spacial score (nSPS) is 17.9. The summed E-state index contributed by atoms with van der Waals surface area (Å²) >= 11 is 0. The second kappa shape index (κ2) is 10.4. The molecule has 0 saturated heterocycles. The Kier molecular flexibility index (Phi) is 9.01. The van der Waals surface area contributed by atoms with Crippen LogP contribution in [0.1, 0.15) is 67.2 Å². The van der Waals surface area contributed by atoms with Gasteiger partial charge in [-0.25, -0.2) is 9.59 Å². The van der Waals surface area contributed by atoms with Crippen LogP contribution in [0.25, 0.3) is 0 Å². The standard InChI is InChI=1S/C21H36N2O8/c1-19(2,3)30-15(26)13(11-24)22-17(28)21(9-7-8-10-21)18(29)23-14(12-25)16(27)31-20(4,5)6/h13-14,24-25H,7-12H2,1-6H3,(H,22,28)(H,23,29)/t13-,14-/m1/s1. The summed E-state index contributed by atoms with van der Waals surface area (Å²) in [4.78, 5) is 50.6. The van der Waals surface area contributed by atoms with E-state index < -0.39 is 65.7 Å². The van der Waals surface area contributed by atoms with Crippen molar-refractivity contribution in [2.45, 2.75) is 90.5 Å². The van der Waals surface area contributed by atoms with E-state index in [-0.39, 0.29) is 12.8 Å². The van der Waals surface area contributed by atoms with E-state index >= 15 is 0 Å². The van der Waals surface area contributed by atoms with E-state index in [9.17, 15) is 29.4 Å². The lowest BCUT2D eigenvalue weighted by molar-refractivity contribution is -0.162. The molecule has 4 N–H and O–H groups in total. The number of aliphatic hydroxyl groups excluding tert-OH is 2. The van der Waals surface area contributed by atoms with Gasteiger partial charge in [0.1, 0.15) is 16.6 Å². The van der Waals surface area contributed by atoms with E-state index in [0.29, 0.717) is 12.8 Å². The van der Waals surface area contributed by atoms with Gasteiger partial charge in [-0.15, -0.1) is 0 Å². The molecular weight excluding hydrogens is 408 g/mol. The summed E-state index contributed by atoms with van der Waals surface area (Å²) in [6.45, 7) is 8.51. The van der Waals surface area contributed by atoms with Gasteiger partial charge in [-0.3, -0.25) is 9.59 Å². The summed E-state index contributed by atoms with van der Waals surface area (Å²) < 4.78 is 10.4. The molecule has 31 heavy (non-hydrogen) atoms. The number of carbonyl (C=O) groups is 4. The quantitative estimate of drug-likeness (QED) is 0.306. The van der Waals surface area contributed by atoms with E-state index in [0.717, 1.165) is 0 Å². The van der Waals surface area contributed by atoms with Gasteiger partial charge in [0.05, 0.1) is 13.2 Å². The van der Waals surface area contributed by atoms with Crippen molar-refractivity contribution in [2.24, 2.45) is 5.41 Å². The van der Waals surface area contributed by atoms with Crippen molar-refractivity contribution in [2.75, 3.05) is 13.2 Å². The van der Waals surface area contributed by atoms with Gasteiger partial charge >= 0.3 is 11.9 Å². The molecule has 0 aromatic heterocycles. The van der Waals surface area contributed by atoms with Crippen molar-refractivity contribution in [1.29, 1.82) is 0 Å². The minimum atomic E-state index is -1.54. The summed E-state index contributed by atoms with van der Waals surface area (Å²) in [5.41, 5.74) is -3.18. The zero-order chi connectivity index (χ0) is 24.0. The highest BCUT2D eigenvalue weighted by Gasteiger charge is 2.50. The monoisotopic (exact) mass is 444 g/mol. The van der Waals surface area contributed by atoms with Crippen molar-refractivity contribution < 1.29 is 38.9 Å². The molecule has 178 valence electrons. The number of esters is 2. The Morgan fingerprint density at radius 1 is 0.774 bits per heavy atom. The molecule has 1 aliphatic rings. The van der Waals surface area contributed by atoms with Gasteiger partial charge < -0.3 is 30.3 Å². The summed E-state index contributed by atoms with van der Waals surface area (Å²) in [7, 11) is 0. The maximum Gasteiger partial charge on any atom is 0.331 e. The predicted octanol–water partition coefficient (Wildman–Crippen LogP) is 0.184. The van der Waals surface area contributed by atoms with E-state index in [1.165, 1.54) is 0 Å². The van der Waals surface area contributed by atoms with Gasteiger partial charge in [0.25, 0.3) is 0 Å². The first kappa shape index (κ1) is 26.8. The summed E-state index contributed by atoms with van der Waals surface area (Å²) in [6, 6.07) is -2.67. The van der Waals surface area contributed by atoms with E-state index in [4.69, 9.17) is 9.47 Å². The molecule has 10 nitrogen and oxygen atoms in total. The van der Waals surface area contributed by atoms with Crippen LogP contribution in [0.5, 0.6) is 0 Å². The SMILES string of the molecule is CC(C)(C)OC(=O)[C@@H](CO)NC(=O)C1(C(=O)N[C@H](CO)C(=O)OC(C)(C)C)CCCC1. The Morgan fingerprint density at radius 2 is 1.10 bits per heavy atom. The van der Waals surface area contributed by atoms with E-state index in [1.807, 2.05) is 0 Å². The van der Waals surface area contributed by atoms with Crippen LogP contribution in [-0.4, -0.2) is 70.5 Å². The second-order valence-electron chi connectivity index (χ2n) is 9.77. The van der Waals surface area contributed by atoms with Crippen molar-refractivity contribution in [3.8, 4) is 0 Å². The number of rotatable bonds is 8. The molecule has 1 aliphatic carbocycles. The zero-order valence-corrected chi connectivity index (χ0v) is 19.2. The number of ether oxygens (including phenoxy) is 2. The van der Waals surface area contributed by atoms with Gasteiger partial charge in [0.2, 0.25) is 11.8 Å². The van der Waals surface area contributed by atoms with Crippen molar-refractivity contribution in [1.82, 2.24) is 10.6 Å². The predicted molar refractivity (Wildman–Crippen MR) is 111 cm³/mol. The molecule has 0 aromatic rings. The largest absolute Gasteiger partial charge is 0.458 e. The van der Waals surface area contributed by atoms with Crippen LogP contribution in [-0.2, 0) is 28.7 Å². The lowest BCUT2D eigenvalue weighted by Crippen LogP contribution is -2.58. The highest BCUT2D eigenvalue weighted by atomic mass is 16.6. The third-order valence-electron chi connectivity index (χ3n) is 4.68. The van der Waals surface area contributed by atoms with Crippen LogP contribution in [0.2, 0.25) is 0 Å². The fourth-order valence-electron chi connectivity index (χ4n) is 3.23. The molecule has 1 saturated carbocycles. The average Bonchev–Trinajstić information content (AvgIpc) is 3.11. The maximum absolute atomic E-state index is 13.0. The van der Waals surface area contributed by atoms with Crippen molar-refractivity contribution in [3.63, 3.8) is 0 Å². The minimum absolute atomic E-state index is 0.198. The van der Waals surface area contributed by atoms with E-state index in [1.54, 1.807) is 41.5 Å². The number of amides is 2. The topological polar surface area (TPSA) is 151 Å². The van der Waals surface area contributed by atoms with Crippen LogP contribution in [0.4, 0.5) is 0 Å². The Labute approximate surface area is 183 Å². The van der Waals surface area contributed by atoms with Crippen LogP contribution in [0, 0.1) is 5.41 Å².